The van der Waals surface area contributed by atoms with Crippen LogP contribution in [0.25, 0.3) is 0 Å². The quantitative estimate of drug-likeness (QED) is 0.511. The first-order chi connectivity index (χ1) is 2.27. The Labute approximate surface area is 90.9 Å². The number of hydrogen-bond acceptors (Lipinski definition) is 1. The van der Waals surface area contributed by atoms with E-state index in [-0.39, 0.29) is 60.2 Å². The van der Waals surface area contributed by atoms with E-state index in [0.717, 1.165) is 0 Å². The van der Waals surface area contributed by atoms with E-state index in [1.165, 1.54) is 0 Å². The van der Waals surface area contributed by atoms with E-state index in [1.54, 1.807) is 0 Å². The van der Waals surface area contributed by atoms with Crippen LogP contribution in [0.4, 0.5) is 0 Å². The third-order valence-electron chi connectivity index (χ3n) is 0.365. The molecule has 1 nitrogen and oxygen atoms in total. The predicted octanol–water partition coefficient (Wildman–Crippen LogP) is -5.36. The maximum atomic E-state index is 8.14. The minimum atomic E-state index is 0. The maximum Gasteiger partial charge on any atom is 2.00 e. The van der Waals surface area contributed by atoms with Crippen LogP contribution in [0.15, 0.2) is 0 Å². The Hall–Kier alpha value is 1.80. The summed E-state index contributed by atoms with van der Waals surface area (Å²) < 4.78 is 0. The van der Waals surface area contributed by atoms with Crippen molar-refractivity contribution in [1.29, 1.82) is 0 Å². The zero-order valence-corrected chi connectivity index (χ0v) is 10.6. The van der Waals surface area contributed by atoms with Crippen molar-refractivity contribution in [2.75, 3.05) is 6.61 Å². The van der Waals surface area contributed by atoms with Gasteiger partial charge in [-0.15, -0.1) is 0 Å². The third kappa shape index (κ3) is 25.0. The van der Waals surface area contributed by atoms with Gasteiger partial charge < -0.3 is 39.1 Å². The molecule has 8 heavy (non-hydrogen) atoms. The van der Waals surface area contributed by atoms with Gasteiger partial charge in [0, 0.05) is 6.61 Å². The van der Waals surface area contributed by atoms with Crippen molar-refractivity contribution >= 4 is 0 Å². The molecule has 0 aromatic rings. The van der Waals surface area contributed by atoms with Gasteiger partial charge in [0.1, 0.15) is 0 Å². The Bertz CT molecular complexity index is 28.0. The van der Waals surface area contributed by atoms with E-state index in [9.17, 15) is 0 Å². The van der Waals surface area contributed by atoms with Crippen LogP contribution in [0.1, 0.15) is 13.8 Å². The summed E-state index contributed by atoms with van der Waals surface area (Å²) in [6, 6.07) is 0. The number of aliphatic hydroxyl groups is 1. The molecule has 0 saturated carbocycles. The molecule has 0 aromatic heterocycles. The van der Waals surface area contributed by atoms with Crippen molar-refractivity contribution < 1.29 is 65.3 Å². The fraction of sp³-hybridized carbons (Fsp3) is 1.00. The Balaban J connectivity index is -0.0000000267. The van der Waals surface area contributed by atoms with Gasteiger partial charge in [0.25, 0.3) is 0 Å². The molecule has 0 aliphatic rings. The molecule has 0 fully saturated rings. The van der Waals surface area contributed by atoms with Crippen molar-refractivity contribution in [2.24, 2.45) is 5.92 Å². The summed E-state index contributed by atoms with van der Waals surface area (Å²) in [7, 11) is 0. The van der Waals surface area contributed by atoms with Gasteiger partial charge in [0.15, 0.2) is 0 Å². The number of aliphatic hydroxyl groups excluding tert-OH is 1. The molecule has 1 N–H and O–H groups in total. The summed E-state index contributed by atoms with van der Waals surface area (Å²) in [5.41, 5.74) is 0. The molecular weight excluding hydrogens is 315 g/mol. The molecule has 0 heterocycles. The Kier molecular flexibility index (Phi) is 44.9. The molecule has 0 aliphatic carbocycles. The molecule has 0 rings (SSSR count). The SMILES string of the molecule is CC(C)CO.[Br-].[Br-].[Zr+2]. The van der Waals surface area contributed by atoms with Gasteiger partial charge in [-0.1, -0.05) is 13.8 Å². The minimum absolute atomic E-state index is 0. The number of rotatable bonds is 1. The van der Waals surface area contributed by atoms with Crippen LogP contribution < -0.4 is 34.0 Å². The topological polar surface area (TPSA) is 20.2 Å². The van der Waals surface area contributed by atoms with Crippen molar-refractivity contribution in [2.45, 2.75) is 13.8 Å². The summed E-state index contributed by atoms with van der Waals surface area (Å²) in [5, 5.41) is 8.14. The summed E-state index contributed by atoms with van der Waals surface area (Å²) >= 11 is 0. The zero-order chi connectivity index (χ0) is 4.28. The second-order valence-electron chi connectivity index (χ2n) is 1.58. The maximum absolute atomic E-state index is 8.14. The largest absolute Gasteiger partial charge is 2.00 e. The zero-order valence-electron chi connectivity index (χ0n) is 4.99. The molecule has 0 atom stereocenters. The summed E-state index contributed by atoms with van der Waals surface area (Å²) in [4.78, 5) is 0. The average Bonchev–Trinajstić information content (AvgIpc) is 1.38. The molecule has 0 spiro atoms. The van der Waals surface area contributed by atoms with Gasteiger partial charge in [-0.05, 0) is 5.92 Å². The second kappa shape index (κ2) is 15.9. The van der Waals surface area contributed by atoms with Crippen LogP contribution in [0.3, 0.4) is 0 Å². The second-order valence-corrected chi connectivity index (χ2v) is 1.58. The van der Waals surface area contributed by atoms with E-state index >= 15 is 0 Å². The molecule has 50 valence electrons. The van der Waals surface area contributed by atoms with Gasteiger partial charge in [-0.25, -0.2) is 0 Å². The van der Waals surface area contributed by atoms with Crippen LogP contribution in [0.2, 0.25) is 0 Å². The van der Waals surface area contributed by atoms with Gasteiger partial charge >= 0.3 is 26.2 Å². The normalized spacial score (nSPS) is 6.00. The number of halogens is 2. The van der Waals surface area contributed by atoms with Crippen LogP contribution in [0.5, 0.6) is 0 Å². The van der Waals surface area contributed by atoms with Gasteiger partial charge in [-0.3, -0.25) is 0 Å². The van der Waals surface area contributed by atoms with Gasteiger partial charge in [0.05, 0.1) is 0 Å². The van der Waals surface area contributed by atoms with Gasteiger partial charge in [0.2, 0.25) is 0 Å². The van der Waals surface area contributed by atoms with E-state index < -0.39 is 0 Å². The summed E-state index contributed by atoms with van der Waals surface area (Å²) in [6.07, 6.45) is 0. The molecule has 0 aliphatic heterocycles. The monoisotopic (exact) mass is 322 g/mol. The van der Waals surface area contributed by atoms with E-state index in [1.807, 2.05) is 13.8 Å². The number of hydrogen-bond donors (Lipinski definition) is 1. The van der Waals surface area contributed by atoms with E-state index in [0.29, 0.717) is 12.5 Å². The van der Waals surface area contributed by atoms with Crippen molar-refractivity contribution in [3.8, 4) is 0 Å². The first kappa shape index (κ1) is 22.6. The molecule has 0 radical (unpaired) electrons. The predicted molar refractivity (Wildman–Crippen MR) is 21.9 cm³/mol. The van der Waals surface area contributed by atoms with Crippen LogP contribution in [-0.4, -0.2) is 11.7 Å². The molecule has 0 bridgehead atoms. The van der Waals surface area contributed by atoms with Crippen LogP contribution in [0, 0.1) is 5.92 Å². The molecule has 0 saturated heterocycles. The molecule has 0 aromatic carbocycles. The molecule has 0 amide bonds. The minimum Gasteiger partial charge on any atom is -1.00 e. The molecule has 0 unspecified atom stereocenters. The standard InChI is InChI=1S/C4H10O.2BrH.Zr/c1-4(2)3-5;;;/h4-5H,3H2,1-2H3;2*1H;/q;;;+2/p-2. The third-order valence-corrected chi connectivity index (χ3v) is 0.365. The van der Waals surface area contributed by atoms with E-state index in [2.05, 4.69) is 0 Å². The van der Waals surface area contributed by atoms with Crippen LogP contribution >= 0.6 is 0 Å². The van der Waals surface area contributed by atoms with Crippen LogP contribution in [-0.2, 0) is 26.2 Å². The van der Waals surface area contributed by atoms with Crippen molar-refractivity contribution in [1.82, 2.24) is 0 Å². The molecular formula is C4H10Br2OZr. The Morgan fingerprint density at radius 3 is 1.38 bits per heavy atom. The fourth-order valence-electron chi connectivity index (χ4n) is 0. The van der Waals surface area contributed by atoms with Gasteiger partial charge in [-0.2, -0.15) is 0 Å². The Morgan fingerprint density at radius 1 is 1.25 bits per heavy atom. The smallest absolute Gasteiger partial charge is 1.00 e. The molecule has 4 heteroatoms. The first-order valence-electron chi connectivity index (χ1n) is 1.88. The Morgan fingerprint density at radius 2 is 1.38 bits per heavy atom. The summed E-state index contributed by atoms with van der Waals surface area (Å²) in [5.74, 6) is 0.440. The average molecular weight is 325 g/mol. The first-order valence-corrected chi connectivity index (χ1v) is 1.88. The fourth-order valence-corrected chi connectivity index (χ4v) is 0. The van der Waals surface area contributed by atoms with E-state index in [4.69, 9.17) is 5.11 Å². The summed E-state index contributed by atoms with van der Waals surface area (Å²) in [6.45, 7) is 4.25. The van der Waals surface area contributed by atoms with Crippen molar-refractivity contribution in [3.63, 3.8) is 0 Å². The van der Waals surface area contributed by atoms with Crippen molar-refractivity contribution in [3.05, 3.63) is 0 Å².